The van der Waals surface area contributed by atoms with Crippen molar-refractivity contribution < 1.29 is 9.59 Å². The third-order valence-electron chi connectivity index (χ3n) is 5.74. The first-order chi connectivity index (χ1) is 12.5. The summed E-state index contributed by atoms with van der Waals surface area (Å²) in [6, 6.07) is 7.81. The standard InChI is InChI=1S/C21H31N3O2/c1-23(2)19-10-8-16(9-11-19)20(25)22-18-12-14-24(15-13-18)21(26)17-6-4-3-5-7-17/h8-11,17-18H,3-7,12-15H2,1-2H3,(H,22,25). The number of hydrogen-bond acceptors (Lipinski definition) is 3. The number of benzene rings is 1. The number of anilines is 1. The number of rotatable bonds is 4. The number of carbonyl (C=O) groups is 2. The summed E-state index contributed by atoms with van der Waals surface area (Å²) in [6.07, 6.45) is 7.45. The monoisotopic (exact) mass is 357 g/mol. The summed E-state index contributed by atoms with van der Waals surface area (Å²) in [4.78, 5) is 29.1. The van der Waals surface area contributed by atoms with E-state index in [1.807, 2.05) is 48.2 Å². The fourth-order valence-corrected chi connectivity index (χ4v) is 4.03. The van der Waals surface area contributed by atoms with Crippen LogP contribution in [0, 0.1) is 5.92 Å². The van der Waals surface area contributed by atoms with Gasteiger partial charge in [0.2, 0.25) is 5.91 Å². The van der Waals surface area contributed by atoms with E-state index < -0.39 is 0 Å². The molecule has 1 aliphatic heterocycles. The van der Waals surface area contributed by atoms with Crippen molar-refractivity contribution in [3.8, 4) is 0 Å². The number of amides is 2. The van der Waals surface area contributed by atoms with Gasteiger partial charge in [-0.25, -0.2) is 0 Å². The summed E-state index contributed by atoms with van der Waals surface area (Å²) < 4.78 is 0. The number of piperidine rings is 1. The maximum Gasteiger partial charge on any atom is 0.251 e. The highest BCUT2D eigenvalue weighted by Crippen LogP contribution is 2.26. The molecule has 0 aromatic heterocycles. The quantitative estimate of drug-likeness (QED) is 0.901. The minimum absolute atomic E-state index is 0.0210. The van der Waals surface area contributed by atoms with Crippen LogP contribution in [0.2, 0.25) is 0 Å². The molecule has 0 unspecified atom stereocenters. The predicted molar refractivity (Wildman–Crippen MR) is 104 cm³/mol. The normalized spacial score (nSPS) is 19.2. The zero-order valence-electron chi connectivity index (χ0n) is 16.0. The molecule has 5 heteroatoms. The molecule has 1 heterocycles. The third kappa shape index (κ3) is 4.57. The molecular weight excluding hydrogens is 326 g/mol. The van der Waals surface area contributed by atoms with Crippen molar-refractivity contribution in [1.29, 1.82) is 0 Å². The number of carbonyl (C=O) groups excluding carboxylic acids is 2. The molecule has 2 amide bonds. The third-order valence-corrected chi connectivity index (χ3v) is 5.74. The van der Waals surface area contributed by atoms with Gasteiger partial charge in [-0.05, 0) is 49.9 Å². The van der Waals surface area contributed by atoms with Gasteiger partial charge in [-0.2, -0.15) is 0 Å². The molecule has 0 bridgehead atoms. The number of nitrogens with one attached hydrogen (secondary N) is 1. The van der Waals surface area contributed by atoms with Crippen molar-refractivity contribution in [2.45, 2.75) is 51.0 Å². The number of hydrogen-bond donors (Lipinski definition) is 1. The first kappa shape index (κ1) is 18.7. The fourth-order valence-electron chi connectivity index (χ4n) is 4.03. The van der Waals surface area contributed by atoms with Gasteiger partial charge in [0.15, 0.2) is 0 Å². The van der Waals surface area contributed by atoms with E-state index in [1.165, 1.54) is 19.3 Å². The Hall–Kier alpha value is -2.04. The van der Waals surface area contributed by atoms with Crippen LogP contribution < -0.4 is 10.2 Å². The van der Waals surface area contributed by atoms with E-state index in [0.29, 0.717) is 11.5 Å². The summed E-state index contributed by atoms with van der Waals surface area (Å²) in [5.41, 5.74) is 1.77. The predicted octanol–water partition coefficient (Wildman–Crippen LogP) is 3.05. The molecule has 1 aromatic rings. The minimum Gasteiger partial charge on any atom is -0.378 e. The van der Waals surface area contributed by atoms with E-state index in [4.69, 9.17) is 0 Å². The highest BCUT2D eigenvalue weighted by molar-refractivity contribution is 5.94. The number of nitrogens with zero attached hydrogens (tertiary/aromatic N) is 2. The van der Waals surface area contributed by atoms with E-state index in [9.17, 15) is 9.59 Å². The molecule has 1 aliphatic carbocycles. The molecule has 2 aliphatic rings. The van der Waals surface area contributed by atoms with Gasteiger partial charge in [-0.15, -0.1) is 0 Å². The van der Waals surface area contributed by atoms with Crippen molar-refractivity contribution in [2.24, 2.45) is 5.92 Å². The molecule has 1 saturated carbocycles. The zero-order chi connectivity index (χ0) is 18.5. The summed E-state index contributed by atoms with van der Waals surface area (Å²) in [7, 11) is 3.97. The Morgan fingerprint density at radius 1 is 0.962 bits per heavy atom. The Balaban J connectivity index is 1.47. The average Bonchev–Trinajstić information content (AvgIpc) is 2.68. The molecule has 0 spiro atoms. The van der Waals surface area contributed by atoms with Crippen molar-refractivity contribution in [3.63, 3.8) is 0 Å². The lowest BCUT2D eigenvalue weighted by Gasteiger charge is -2.35. The highest BCUT2D eigenvalue weighted by atomic mass is 16.2. The Morgan fingerprint density at radius 3 is 2.15 bits per heavy atom. The first-order valence-corrected chi connectivity index (χ1v) is 9.91. The average molecular weight is 357 g/mol. The van der Waals surface area contributed by atoms with Crippen LogP contribution in [0.4, 0.5) is 5.69 Å². The van der Waals surface area contributed by atoms with Crippen molar-refractivity contribution >= 4 is 17.5 Å². The van der Waals surface area contributed by atoms with E-state index in [0.717, 1.165) is 44.5 Å². The molecule has 3 rings (SSSR count). The molecule has 5 nitrogen and oxygen atoms in total. The van der Waals surface area contributed by atoms with E-state index in [-0.39, 0.29) is 17.9 Å². The van der Waals surface area contributed by atoms with Crippen LogP contribution in [0.3, 0.4) is 0 Å². The second-order valence-corrected chi connectivity index (χ2v) is 7.85. The highest BCUT2D eigenvalue weighted by Gasteiger charge is 2.29. The van der Waals surface area contributed by atoms with Crippen LogP contribution in [0.1, 0.15) is 55.3 Å². The lowest BCUT2D eigenvalue weighted by atomic mass is 9.87. The minimum atomic E-state index is -0.0210. The first-order valence-electron chi connectivity index (χ1n) is 9.91. The summed E-state index contributed by atoms with van der Waals surface area (Å²) >= 11 is 0. The van der Waals surface area contributed by atoms with Gasteiger partial charge >= 0.3 is 0 Å². The molecule has 1 saturated heterocycles. The van der Waals surface area contributed by atoms with Crippen LogP contribution in [-0.2, 0) is 4.79 Å². The molecule has 1 aromatic carbocycles. The van der Waals surface area contributed by atoms with Crippen LogP contribution in [0.15, 0.2) is 24.3 Å². The summed E-state index contributed by atoms with van der Waals surface area (Å²) in [5, 5.41) is 3.13. The summed E-state index contributed by atoms with van der Waals surface area (Å²) in [5.74, 6) is 0.561. The van der Waals surface area contributed by atoms with Gasteiger partial charge in [0.25, 0.3) is 5.91 Å². The van der Waals surface area contributed by atoms with E-state index in [2.05, 4.69) is 5.32 Å². The largest absolute Gasteiger partial charge is 0.378 e. The lowest BCUT2D eigenvalue weighted by molar-refractivity contribution is -0.137. The Labute approximate surface area is 156 Å². The fraction of sp³-hybridized carbons (Fsp3) is 0.619. The Morgan fingerprint density at radius 2 is 1.58 bits per heavy atom. The lowest BCUT2D eigenvalue weighted by Crippen LogP contribution is -2.48. The molecule has 2 fully saturated rings. The second kappa shape index (κ2) is 8.56. The molecule has 142 valence electrons. The van der Waals surface area contributed by atoms with Gasteiger partial charge in [-0.3, -0.25) is 9.59 Å². The van der Waals surface area contributed by atoms with Crippen LogP contribution >= 0.6 is 0 Å². The molecular formula is C21H31N3O2. The number of likely N-dealkylation sites (tertiary alicyclic amines) is 1. The van der Waals surface area contributed by atoms with Gasteiger partial charge in [0.1, 0.15) is 0 Å². The van der Waals surface area contributed by atoms with Crippen molar-refractivity contribution in [3.05, 3.63) is 29.8 Å². The maximum absolute atomic E-state index is 12.6. The molecule has 1 N–H and O–H groups in total. The van der Waals surface area contributed by atoms with Gasteiger partial charge in [-0.1, -0.05) is 19.3 Å². The van der Waals surface area contributed by atoms with Crippen LogP contribution in [-0.4, -0.2) is 49.9 Å². The summed E-state index contributed by atoms with van der Waals surface area (Å²) in [6.45, 7) is 1.53. The smallest absolute Gasteiger partial charge is 0.251 e. The van der Waals surface area contributed by atoms with Crippen LogP contribution in [0.5, 0.6) is 0 Å². The van der Waals surface area contributed by atoms with Crippen molar-refractivity contribution in [2.75, 3.05) is 32.1 Å². The van der Waals surface area contributed by atoms with Gasteiger partial charge in [0, 0.05) is 50.4 Å². The van der Waals surface area contributed by atoms with Gasteiger partial charge < -0.3 is 15.1 Å². The molecule has 0 atom stereocenters. The van der Waals surface area contributed by atoms with E-state index >= 15 is 0 Å². The molecule has 26 heavy (non-hydrogen) atoms. The Kier molecular flexibility index (Phi) is 6.17. The maximum atomic E-state index is 12.6. The van der Waals surface area contributed by atoms with Gasteiger partial charge in [0.05, 0.1) is 0 Å². The van der Waals surface area contributed by atoms with E-state index in [1.54, 1.807) is 0 Å². The zero-order valence-corrected chi connectivity index (χ0v) is 16.0. The molecule has 0 radical (unpaired) electrons. The Bertz CT molecular complexity index is 613. The van der Waals surface area contributed by atoms with Crippen LogP contribution in [0.25, 0.3) is 0 Å². The van der Waals surface area contributed by atoms with Crippen molar-refractivity contribution in [1.82, 2.24) is 10.2 Å². The second-order valence-electron chi connectivity index (χ2n) is 7.85. The SMILES string of the molecule is CN(C)c1ccc(C(=O)NC2CCN(C(=O)C3CCCCC3)CC2)cc1. The topological polar surface area (TPSA) is 52.7 Å².